The van der Waals surface area contributed by atoms with Gasteiger partial charge in [-0.25, -0.2) is 9.67 Å². The summed E-state index contributed by atoms with van der Waals surface area (Å²) in [6, 6.07) is 8.83. The van der Waals surface area contributed by atoms with Gasteiger partial charge in [-0.1, -0.05) is 6.07 Å². The largest absolute Gasteiger partial charge is 0.507 e. The maximum atomic E-state index is 10.1. The van der Waals surface area contributed by atoms with Crippen LogP contribution in [-0.2, 0) is 7.05 Å². The van der Waals surface area contributed by atoms with Gasteiger partial charge in [0.05, 0.1) is 12.7 Å². The summed E-state index contributed by atoms with van der Waals surface area (Å²) in [6.07, 6.45) is 1.71. The molecule has 2 heterocycles. The van der Waals surface area contributed by atoms with Crippen molar-refractivity contribution in [1.82, 2.24) is 19.7 Å². The number of aromatic hydroxyl groups is 1. The number of phenolic OH excluding ortho intramolecular Hbond substituents is 1. The fourth-order valence-electron chi connectivity index (χ4n) is 2.26. The molecule has 0 saturated carbocycles. The summed E-state index contributed by atoms with van der Waals surface area (Å²) in [6.45, 7) is 1.96. The Morgan fingerprint density at radius 2 is 2.05 bits per heavy atom. The van der Waals surface area contributed by atoms with Crippen LogP contribution in [0.25, 0.3) is 22.9 Å². The topological polar surface area (TPSA) is 73.1 Å². The molecule has 0 amide bonds. The van der Waals surface area contributed by atoms with E-state index in [-0.39, 0.29) is 5.75 Å². The van der Waals surface area contributed by atoms with E-state index in [4.69, 9.17) is 4.74 Å². The van der Waals surface area contributed by atoms with Crippen molar-refractivity contribution in [3.05, 3.63) is 42.1 Å². The molecule has 0 aliphatic heterocycles. The van der Waals surface area contributed by atoms with Crippen molar-refractivity contribution in [3.8, 4) is 34.4 Å². The summed E-state index contributed by atoms with van der Waals surface area (Å²) in [5.74, 6) is 1.85. The second-order valence-electron chi connectivity index (χ2n) is 4.93. The van der Waals surface area contributed by atoms with Crippen LogP contribution in [0.2, 0.25) is 0 Å². The number of phenols is 1. The summed E-state index contributed by atoms with van der Waals surface area (Å²) < 4.78 is 6.82. The quantitative estimate of drug-likeness (QED) is 0.804. The molecule has 0 spiro atoms. The van der Waals surface area contributed by atoms with Crippen molar-refractivity contribution >= 4 is 0 Å². The Balaban J connectivity index is 2.13. The third-order valence-corrected chi connectivity index (χ3v) is 3.43. The molecule has 0 bridgehead atoms. The van der Waals surface area contributed by atoms with Crippen LogP contribution in [0.1, 0.15) is 5.56 Å². The van der Waals surface area contributed by atoms with Crippen LogP contribution in [0.3, 0.4) is 0 Å². The molecule has 0 aliphatic rings. The van der Waals surface area contributed by atoms with Crippen molar-refractivity contribution in [2.24, 2.45) is 7.05 Å². The summed E-state index contributed by atoms with van der Waals surface area (Å²) in [7, 11) is 3.36. The van der Waals surface area contributed by atoms with Crippen LogP contribution >= 0.6 is 0 Å². The van der Waals surface area contributed by atoms with Gasteiger partial charge in [0.25, 0.3) is 0 Å². The van der Waals surface area contributed by atoms with Crippen molar-refractivity contribution in [3.63, 3.8) is 0 Å². The number of benzene rings is 1. The highest BCUT2D eigenvalue weighted by molar-refractivity contribution is 5.68. The lowest BCUT2D eigenvalue weighted by Gasteiger charge is -2.06. The highest BCUT2D eigenvalue weighted by Crippen LogP contribution is 2.32. The summed E-state index contributed by atoms with van der Waals surface area (Å²) in [4.78, 5) is 8.85. The molecule has 112 valence electrons. The van der Waals surface area contributed by atoms with Gasteiger partial charge in [-0.05, 0) is 36.8 Å². The molecule has 1 N–H and O–H groups in total. The van der Waals surface area contributed by atoms with E-state index in [2.05, 4.69) is 15.1 Å². The number of pyridine rings is 1. The highest BCUT2D eigenvalue weighted by Gasteiger charge is 2.16. The second-order valence-corrected chi connectivity index (χ2v) is 4.93. The van der Waals surface area contributed by atoms with Gasteiger partial charge in [0.15, 0.2) is 5.82 Å². The smallest absolute Gasteiger partial charge is 0.200 e. The van der Waals surface area contributed by atoms with E-state index in [1.165, 1.54) is 0 Å². The van der Waals surface area contributed by atoms with Gasteiger partial charge < -0.3 is 9.84 Å². The Kier molecular flexibility index (Phi) is 3.50. The first-order valence-electron chi connectivity index (χ1n) is 6.80. The van der Waals surface area contributed by atoms with Gasteiger partial charge >= 0.3 is 0 Å². The predicted molar refractivity (Wildman–Crippen MR) is 82.6 cm³/mol. The Bertz CT molecular complexity index is 827. The zero-order valence-corrected chi connectivity index (χ0v) is 12.6. The van der Waals surface area contributed by atoms with Crippen LogP contribution in [-0.4, -0.2) is 32.0 Å². The van der Waals surface area contributed by atoms with Gasteiger partial charge in [0, 0.05) is 13.2 Å². The van der Waals surface area contributed by atoms with Crippen molar-refractivity contribution < 1.29 is 9.84 Å². The maximum absolute atomic E-state index is 10.1. The molecular formula is C16H16N4O2. The zero-order valence-electron chi connectivity index (χ0n) is 12.6. The monoisotopic (exact) mass is 296 g/mol. The van der Waals surface area contributed by atoms with Crippen LogP contribution in [0, 0.1) is 6.92 Å². The third-order valence-electron chi connectivity index (χ3n) is 3.43. The SMILES string of the molecule is COc1ccc(O)c(-c2nc(-c3ncccc3C)nn2C)c1. The van der Waals surface area contributed by atoms with Gasteiger partial charge in [0.1, 0.15) is 17.2 Å². The Morgan fingerprint density at radius 3 is 2.77 bits per heavy atom. The summed E-state index contributed by atoms with van der Waals surface area (Å²) in [5.41, 5.74) is 2.29. The number of hydrogen-bond donors (Lipinski definition) is 1. The second kappa shape index (κ2) is 5.48. The van der Waals surface area contributed by atoms with Crippen molar-refractivity contribution in [1.29, 1.82) is 0 Å². The standard InChI is InChI=1S/C16H16N4O2/c1-10-5-4-8-17-14(10)15-18-16(20(2)19-15)12-9-11(22-3)6-7-13(12)21/h4-9,21H,1-3H3. The van der Waals surface area contributed by atoms with E-state index in [1.807, 2.05) is 19.1 Å². The Labute approximate surface area is 128 Å². The molecule has 0 fully saturated rings. The first kappa shape index (κ1) is 14.1. The van der Waals surface area contributed by atoms with E-state index in [9.17, 15) is 5.11 Å². The molecule has 6 nitrogen and oxygen atoms in total. The lowest BCUT2D eigenvalue weighted by molar-refractivity contribution is 0.412. The predicted octanol–water partition coefficient (Wildman–Crippen LogP) is 2.57. The number of ether oxygens (including phenoxy) is 1. The molecule has 0 radical (unpaired) electrons. The van der Waals surface area contributed by atoms with E-state index < -0.39 is 0 Å². The minimum atomic E-state index is 0.126. The lowest BCUT2D eigenvalue weighted by atomic mass is 10.1. The Morgan fingerprint density at radius 1 is 1.23 bits per heavy atom. The molecule has 6 heteroatoms. The number of aromatic nitrogens is 4. The average molecular weight is 296 g/mol. The fourth-order valence-corrected chi connectivity index (χ4v) is 2.26. The van der Waals surface area contributed by atoms with Gasteiger partial charge in [-0.2, -0.15) is 0 Å². The van der Waals surface area contributed by atoms with E-state index in [0.29, 0.717) is 23.0 Å². The molecule has 22 heavy (non-hydrogen) atoms. The van der Waals surface area contributed by atoms with Crippen molar-refractivity contribution in [2.75, 3.05) is 7.11 Å². The first-order valence-corrected chi connectivity index (χ1v) is 6.80. The normalized spacial score (nSPS) is 10.7. The molecule has 0 saturated heterocycles. The zero-order chi connectivity index (χ0) is 15.7. The van der Waals surface area contributed by atoms with Crippen LogP contribution < -0.4 is 4.74 Å². The van der Waals surface area contributed by atoms with Gasteiger partial charge in [-0.3, -0.25) is 4.98 Å². The molecule has 1 aromatic carbocycles. The van der Waals surface area contributed by atoms with E-state index >= 15 is 0 Å². The molecule has 2 aromatic heterocycles. The number of aryl methyl sites for hydroxylation is 2. The molecule has 3 aromatic rings. The molecule has 0 aliphatic carbocycles. The summed E-state index contributed by atoms with van der Waals surface area (Å²) in [5, 5.41) is 14.5. The van der Waals surface area contributed by atoms with Crippen LogP contribution in [0.5, 0.6) is 11.5 Å². The molecule has 0 unspecified atom stereocenters. The van der Waals surface area contributed by atoms with Crippen LogP contribution in [0.15, 0.2) is 36.5 Å². The number of hydrogen-bond acceptors (Lipinski definition) is 5. The highest BCUT2D eigenvalue weighted by atomic mass is 16.5. The van der Waals surface area contributed by atoms with Crippen molar-refractivity contribution in [2.45, 2.75) is 6.92 Å². The van der Waals surface area contributed by atoms with Gasteiger partial charge in [0.2, 0.25) is 5.82 Å². The number of nitrogens with zero attached hydrogens (tertiary/aromatic N) is 4. The van der Waals surface area contributed by atoms with Crippen LogP contribution in [0.4, 0.5) is 0 Å². The first-order chi connectivity index (χ1) is 10.6. The molecular weight excluding hydrogens is 280 g/mol. The minimum absolute atomic E-state index is 0.126. The van der Waals surface area contributed by atoms with Gasteiger partial charge in [-0.15, -0.1) is 5.10 Å². The maximum Gasteiger partial charge on any atom is 0.200 e. The number of methoxy groups -OCH3 is 1. The number of rotatable bonds is 3. The average Bonchev–Trinajstić information content (AvgIpc) is 2.90. The minimum Gasteiger partial charge on any atom is -0.507 e. The third kappa shape index (κ3) is 2.39. The molecule has 3 rings (SSSR count). The lowest BCUT2D eigenvalue weighted by Crippen LogP contribution is -1.95. The van der Waals surface area contributed by atoms with E-state index in [1.54, 1.807) is 43.2 Å². The van der Waals surface area contributed by atoms with E-state index in [0.717, 1.165) is 11.3 Å². The fraction of sp³-hybridized carbons (Fsp3) is 0.188. The molecule has 0 atom stereocenters. The summed E-state index contributed by atoms with van der Waals surface area (Å²) >= 11 is 0. The Hall–Kier alpha value is -2.89.